The number of hydrogen-bond acceptors (Lipinski definition) is 5. The van der Waals surface area contributed by atoms with Crippen LogP contribution in [0, 0.1) is 6.92 Å². The normalized spacial score (nSPS) is 12.2. The van der Waals surface area contributed by atoms with Crippen LogP contribution in [0.25, 0.3) is 5.65 Å². The molecular formula is C22H24N4O4. The van der Waals surface area contributed by atoms with Crippen LogP contribution in [-0.2, 0) is 4.79 Å². The number of unbranched alkanes of at least 4 members (excludes halogenated alkanes) is 2. The largest absolute Gasteiger partial charge is 0.454 e. The molecule has 156 valence electrons. The summed E-state index contributed by atoms with van der Waals surface area (Å²) in [6, 6.07) is 11.0. The fourth-order valence-corrected chi connectivity index (χ4v) is 3.46. The van der Waals surface area contributed by atoms with Gasteiger partial charge >= 0.3 is 0 Å². The maximum absolute atomic E-state index is 12.5. The van der Waals surface area contributed by atoms with Gasteiger partial charge in [0.1, 0.15) is 11.3 Å². The lowest BCUT2D eigenvalue weighted by Crippen LogP contribution is -2.26. The molecule has 0 aliphatic carbocycles. The van der Waals surface area contributed by atoms with E-state index in [0.717, 1.165) is 24.9 Å². The Kier molecular flexibility index (Phi) is 5.83. The Morgan fingerprint density at radius 3 is 2.87 bits per heavy atom. The van der Waals surface area contributed by atoms with Crippen LogP contribution in [0.1, 0.15) is 41.9 Å². The van der Waals surface area contributed by atoms with Crippen LogP contribution in [-0.4, -0.2) is 34.5 Å². The SMILES string of the molecule is Cc1nc2ccccn2c1C(=O)NCCCCCC(=O)Nc1ccc2c(c1)OCO2. The van der Waals surface area contributed by atoms with Crippen molar-refractivity contribution in [2.75, 3.05) is 18.7 Å². The lowest BCUT2D eigenvalue weighted by molar-refractivity contribution is -0.116. The number of carbonyl (C=O) groups is 2. The van der Waals surface area contributed by atoms with E-state index in [1.165, 1.54) is 0 Å². The molecule has 0 unspecified atom stereocenters. The summed E-state index contributed by atoms with van der Waals surface area (Å²) in [5.41, 5.74) is 2.72. The number of imidazole rings is 1. The number of carbonyl (C=O) groups excluding carboxylic acids is 2. The molecule has 0 radical (unpaired) electrons. The monoisotopic (exact) mass is 408 g/mol. The average molecular weight is 408 g/mol. The standard InChI is InChI=1S/C22H24N4O4/c1-15-21(26-12-6-4-7-19(26)24-15)22(28)23-11-5-2-3-8-20(27)25-16-9-10-17-18(13-16)30-14-29-17/h4,6-7,9-10,12-13H,2-3,5,8,11,14H2,1H3,(H,23,28)(H,25,27). The molecule has 30 heavy (non-hydrogen) atoms. The van der Waals surface area contributed by atoms with Gasteiger partial charge < -0.3 is 20.1 Å². The van der Waals surface area contributed by atoms with Crippen molar-refractivity contribution in [3.8, 4) is 11.5 Å². The second-order valence-corrected chi connectivity index (χ2v) is 7.16. The summed E-state index contributed by atoms with van der Waals surface area (Å²) in [7, 11) is 0. The zero-order chi connectivity index (χ0) is 20.9. The summed E-state index contributed by atoms with van der Waals surface area (Å²) in [5, 5.41) is 5.81. The number of fused-ring (bicyclic) bond motifs is 2. The van der Waals surface area contributed by atoms with E-state index in [-0.39, 0.29) is 18.6 Å². The Labute approximate surface area is 174 Å². The van der Waals surface area contributed by atoms with Crippen LogP contribution in [0.5, 0.6) is 11.5 Å². The molecule has 2 aromatic heterocycles. The highest BCUT2D eigenvalue weighted by atomic mass is 16.7. The molecule has 8 nitrogen and oxygen atoms in total. The second kappa shape index (κ2) is 8.86. The first-order valence-corrected chi connectivity index (χ1v) is 10.0. The number of pyridine rings is 1. The molecule has 0 saturated heterocycles. The molecule has 1 aliphatic rings. The molecule has 1 aromatic carbocycles. The fourth-order valence-electron chi connectivity index (χ4n) is 3.46. The lowest BCUT2D eigenvalue weighted by atomic mass is 10.2. The van der Waals surface area contributed by atoms with Gasteiger partial charge in [0.15, 0.2) is 11.5 Å². The molecule has 1 aliphatic heterocycles. The van der Waals surface area contributed by atoms with Crippen molar-refractivity contribution in [2.45, 2.75) is 32.6 Å². The van der Waals surface area contributed by atoms with E-state index in [2.05, 4.69) is 15.6 Å². The molecule has 0 saturated carbocycles. The van der Waals surface area contributed by atoms with Gasteiger partial charge in [-0.05, 0) is 44.0 Å². The molecule has 0 fully saturated rings. The molecule has 2 amide bonds. The van der Waals surface area contributed by atoms with Gasteiger partial charge in [-0.3, -0.25) is 14.0 Å². The van der Waals surface area contributed by atoms with Crippen LogP contribution in [0.4, 0.5) is 5.69 Å². The van der Waals surface area contributed by atoms with Gasteiger partial charge in [0.2, 0.25) is 12.7 Å². The van der Waals surface area contributed by atoms with Crippen molar-refractivity contribution in [3.63, 3.8) is 0 Å². The number of nitrogens with one attached hydrogen (secondary N) is 2. The van der Waals surface area contributed by atoms with Gasteiger partial charge in [0.25, 0.3) is 5.91 Å². The molecule has 8 heteroatoms. The Morgan fingerprint density at radius 2 is 1.97 bits per heavy atom. The average Bonchev–Trinajstić information content (AvgIpc) is 3.33. The maximum Gasteiger partial charge on any atom is 0.270 e. The van der Waals surface area contributed by atoms with Crippen LogP contribution in [0.2, 0.25) is 0 Å². The van der Waals surface area contributed by atoms with Crippen molar-refractivity contribution in [3.05, 3.63) is 54.0 Å². The first kappa shape index (κ1) is 19.8. The molecule has 4 rings (SSSR count). The highest BCUT2D eigenvalue weighted by molar-refractivity contribution is 5.94. The van der Waals surface area contributed by atoms with E-state index in [1.807, 2.05) is 31.3 Å². The van der Waals surface area contributed by atoms with Crippen molar-refractivity contribution in [1.29, 1.82) is 0 Å². The number of benzene rings is 1. The van der Waals surface area contributed by atoms with Crippen LogP contribution < -0.4 is 20.1 Å². The van der Waals surface area contributed by atoms with E-state index in [4.69, 9.17) is 9.47 Å². The first-order valence-electron chi connectivity index (χ1n) is 10.0. The highest BCUT2D eigenvalue weighted by Gasteiger charge is 2.16. The van der Waals surface area contributed by atoms with Gasteiger partial charge in [0, 0.05) is 30.9 Å². The molecule has 0 spiro atoms. The number of anilines is 1. The second-order valence-electron chi connectivity index (χ2n) is 7.16. The maximum atomic E-state index is 12.5. The third-order valence-electron chi connectivity index (χ3n) is 4.94. The topological polar surface area (TPSA) is 94.0 Å². The van der Waals surface area contributed by atoms with E-state index >= 15 is 0 Å². The zero-order valence-electron chi connectivity index (χ0n) is 16.8. The molecule has 3 heterocycles. The Bertz CT molecular complexity index is 1080. The summed E-state index contributed by atoms with van der Waals surface area (Å²) in [6.07, 6.45) is 4.67. The quantitative estimate of drug-likeness (QED) is 0.558. The third kappa shape index (κ3) is 4.37. The summed E-state index contributed by atoms with van der Waals surface area (Å²) in [5.74, 6) is 1.16. The Hall–Kier alpha value is -3.55. The van der Waals surface area contributed by atoms with Crippen LogP contribution in [0.15, 0.2) is 42.6 Å². The predicted octanol–water partition coefficient (Wildman–Crippen LogP) is 3.30. The van der Waals surface area contributed by atoms with Gasteiger partial charge in [-0.1, -0.05) is 12.5 Å². The van der Waals surface area contributed by atoms with Crippen molar-refractivity contribution in [1.82, 2.24) is 14.7 Å². The number of aromatic nitrogens is 2. The van der Waals surface area contributed by atoms with Crippen LogP contribution in [0.3, 0.4) is 0 Å². The van der Waals surface area contributed by atoms with Crippen LogP contribution >= 0.6 is 0 Å². The molecule has 0 atom stereocenters. The highest BCUT2D eigenvalue weighted by Crippen LogP contribution is 2.34. The summed E-state index contributed by atoms with van der Waals surface area (Å²) >= 11 is 0. The summed E-state index contributed by atoms with van der Waals surface area (Å²) < 4.78 is 12.4. The minimum atomic E-state index is -0.133. The fraction of sp³-hybridized carbons (Fsp3) is 0.318. The van der Waals surface area contributed by atoms with Crippen molar-refractivity contribution < 1.29 is 19.1 Å². The van der Waals surface area contributed by atoms with Crippen molar-refractivity contribution in [2.24, 2.45) is 0 Å². The predicted molar refractivity (Wildman–Crippen MR) is 112 cm³/mol. The van der Waals surface area contributed by atoms with E-state index in [9.17, 15) is 9.59 Å². The lowest BCUT2D eigenvalue weighted by Gasteiger charge is -2.07. The Balaban J connectivity index is 1.16. The summed E-state index contributed by atoms with van der Waals surface area (Å²) in [6.45, 7) is 2.60. The Morgan fingerprint density at radius 1 is 1.10 bits per heavy atom. The number of nitrogens with zero attached hydrogens (tertiary/aromatic N) is 2. The number of amides is 2. The molecule has 3 aromatic rings. The van der Waals surface area contributed by atoms with Gasteiger partial charge in [-0.15, -0.1) is 0 Å². The van der Waals surface area contributed by atoms with Crippen molar-refractivity contribution >= 4 is 23.1 Å². The summed E-state index contributed by atoms with van der Waals surface area (Å²) in [4.78, 5) is 29.0. The van der Waals surface area contributed by atoms with Gasteiger partial charge in [0.05, 0.1) is 5.69 Å². The molecule has 2 N–H and O–H groups in total. The zero-order valence-corrected chi connectivity index (χ0v) is 16.8. The number of ether oxygens (including phenoxy) is 2. The number of aryl methyl sites for hydroxylation is 1. The molecule has 0 bridgehead atoms. The first-order chi connectivity index (χ1) is 14.6. The smallest absolute Gasteiger partial charge is 0.270 e. The number of rotatable bonds is 8. The van der Waals surface area contributed by atoms with Gasteiger partial charge in [-0.25, -0.2) is 4.98 Å². The van der Waals surface area contributed by atoms with E-state index < -0.39 is 0 Å². The van der Waals surface area contributed by atoms with E-state index in [1.54, 1.807) is 22.6 Å². The molecular weight excluding hydrogens is 384 g/mol. The van der Waals surface area contributed by atoms with E-state index in [0.29, 0.717) is 41.5 Å². The number of hydrogen-bond donors (Lipinski definition) is 2. The minimum absolute atomic E-state index is 0.0424. The van der Waals surface area contributed by atoms with Gasteiger partial charge in [-0.2, -0.15) is 0 Å². The third-order valence-corrected chi connectivity index (χ3v) is 4.94. The minimum Gasteiger partial charge on any atom is -0.454 e.